The first kappa shape index (κ1) is 20.1. The monoisotopic (exact) mass is 365 g/mol. The number of ketones is 1. The quantitative estimate of drug-likeness (QED) is 0.478. The van der Waals surface area contributed by atoms with Crippen molar-refractivity contribution < 1.29 is 24.0 Å². The van der Waals surface area contributed by atoms with Crippen LogP contribution in [0.3, 0.4) is 0 Å². The lowest BCUT2D eigenvalue weighted by molar-refractivity contribution is -0.129. The van der Waals surface area contributed by atoms with E-state index in [4.69, 9.17) is 10.3 Å². The van der Waals surface area contributed by atoms with Crippen molar-refractivity contribution in [3.05, 3.63) is 17.5 Å². The van der Waals surface area contributed by atoms with Crippen LogP contribution in [0.5, 0.6) is 0 Å². The zero-order chi connectivity index (χ0) is 19.1. The van der Waals surface area contributed by atoms with E-state index >= 15 is 0 Å². The Morgan fingerprint density at radius 1 is 1.38 bits per heavy atom. The van der Waals surface area contributed by atoms with E-state index < -0.39 is 36.2 Å². The highest BCUT2D eigenvalue weighted by molar-refractivity contribution is 5.97. The second-order valence-electron chi connectivity index (χ2n) is 6.86. The predicted molar refractivity (Wildman–Crippen MR) is 93.3 cm³/mol. The molecule has 8 nitrogen and oxygen atoms in total. The normalized spacial score (nSPS) is 16.1. The van der Waals surface area contributed by atoms with Crippen LogP contribution in [0.25, 0.3) is 0 Å². The van der Waals surface area contributed by atoms with Crippen molar-refractivity contribution in [1.82, 2.24) is 10.5 Å². The molecule has 1 aliphatic carbocycles. The molecular weight excluding hydrogens is 338 g/mol. The maximum atomic E-state index is 12.4. The van der Waals surface area contributed by atoms with Crippen molar-refractivity contribution in [3.63, 3.8) is 0 Å². The van der Waals surface area contributed by atoms with Crippen LogP contribution in [0, 0.1) is 5.92 Å². The van der Waals surface area contributed by atoms with Crippen LogP contribution >= 0.6 is 0 Å². The summed E-state index contributed by atoms with van der Waals surface area (Å²) in [5, 5.41) is 15.6. The van der Waals surface area contributed by atoms with E-state index in [1.54, 1.807) is 6.07 Å². The largest absolute Gasteiger partial charge is 0.394 e. The van der Waals surface area contributed by atoms with Gasteiger partial charge in [0.2, 0.25) is 5.91 Å². The summed E-state index contributed by atoms with van der Waals surface area (Å²) in [6.45, 7) is 1.48. The van der Waals surface area contributed by atoms with Crippen molar-refractivity contribution in [3.8, 4) is 0 Å². The minimum atomic E-state index is -1.10. The van der Waals surface area contributed by atoms with E-state index in [1.165, 1.54) is 0 Å². The molecule has 2 rings (SSSR count). The second-order valence-corrected chi connectivity index (χ2v) is 6.86. The number of rotatable bonds is 12. The van der Waals surface area contributed by atoms with Crippen molar-refractivity contribution in [1.29, 1.82) is 0 Å². The number of aromatic nitrogens is 1. The summed E-state index contributed by atoms with van der Waals surface area (Å²) in [6, 6.07) is 0.458. The van der Waals surface area contributed by atoms with E-state index in [0.29, 0.717) is 18.1 Å². The van der Waals surface area contributed by atoms with Gasteiger partial charge in [0.15, 0.2) is 11.5 Å². The molecule has 1 fully saturated rings. The van der Waals surface area contributed by atoms with Crippen LogP contribution in [0.1, 0.15) is 74.0 Å². The lowest BCUT2D eigenvalue weighted by Crippen LogP contribution is -2.44. The van der Waals surface area contributed by atoms with Crippen molar-refractivity contribution in [2.45, 2.75) is 63.8 Å². The molecule has 144 valence electrons. The van der Waals surface area contributed by atoms with E-state index in [9.17, 15) is 19.5 Å². The van der Waals surface area contributed by atoms with E-state index in [0.717, 1.165) is 32.1 Å². The van der Waals surface area contributed by atoms with Gasteiger partial charge in [0, 0.05) is 24.3 Å². The molecule has 4 N–H and O–H groups in total. The summed E-state index contributed by atoms with van der Waals surface area (Å²) >= 11 is 0. The third kappa shape index (κ3) is 5.66. The lowest BCUT2D eigenvalue weighted by Gasteiger charge is -2.18. The molecule has 1 aliphatic rings. The number of aliphatic hydroxyl groups is 1. The summed E-state index contributed by atoms with van der Waals surface area (Å²) < 4.78 is 5.12. The third-order valence-electron chi connectivity index (χ3n) is 4.62. The highest BCUT2D eigenvalue weighted by Gasteiger charge is 2.30. The Morgan fingerprint density at radius 3 is 2.69 bits per heavy atom. The van der Waals surface area contributed by atoms with E-state index in [2.05, 4.69) is 10.5 Å². The number of nitrogens with one attached hydrogen (secondary N) is 1. The number of carbonyl (C=O) groups excluding carboxylic acids is 3. The molecule has 1 aromatic rings. The highest BCUT2D eigenvalue weighted by Crippen LogP contribution is 2.40. The molecule has 0 saturated heterocycles. The van der Waals surface area contributed by atoms with Crippen molar-refractivity contribution in [2.24, 2.45) is 11.7 Å². The number of carbonyl (C=O) groups is 3. The molecule has 1 heterocycles. The summed E-state index contributed by atoms with van der Waals surface area (Å²) in [5.74, 6) is -1.16. The van der Waals surface area contributed by atoms with Gasteiger partial charge in [-0.3, -0.25) is 14.4 Å². The summed E-state index contributed by atoms with van der Waals surface area (Å²) in [6.07, 6.45) is 5.20. The number of nitrogens with zero attached hydrogens (tertiary/aromatic N) is 1. The molecule has 0 radical (unpaired) electrons. The number of aliphatic hydroxyl groups excluding tert-OH is 1. The molecular formula is C18H27N3O5. The maximum Gasteiger partial charge on any atom is 0.274 e. The molecule has 1 aromatic heterocycles. The fraction of sp³-hybridized carbons (Fsp3) is 0.667. The van der Waals surface area contributed by atoms with Gasteiger partial charge in [-0.2, -0.15) is 0 Å². The number of Topliss-reactive ketones (excluding diaryl/α,β-unsaturated/α-hetero) is 1. The molecule has 2 amide bonds. The molecule has 0 spiro atoms. The number of primary amides is 1. The fourth-order valence-electron chi connectivity index (χ4n) is 2.79. The van der Waals surface area contributed by atoms with Crippen LogP contribution in [0.2, 0.25) is 0 Å². The molecule has 26 heavy (non-hydrogen) atoms. The summed E-state index contributed by atoms with van der Waals surface area (Å²) in [5.41, 5.74) is 5.45. The molecule has 0 bridgehead atoms. The average molecular weight is 365 g/mol. The summed E-state index contributed by atoms with van der Waals surface area (Å²) in [7, 11) is 0. The van der Waals surface area contributed by atoms with Gasteiger partial charge in [-0.1, -0.05) is 31.3 Å². The predicted octanol–water partition coefficient (Wildman–Crippen LogP) is 1.28. The highest BCUT2D eigenvalue weighted by atomic mass is 16.5. The number of amides is 2. The molecule has 8 heteroatoms. The van der Waals surface area contributed by atoms with Crippen LogP contribution in [-0.2, 0) is 9.59 Å². The first-order valence-electron chi connectivity index (χ1n) is 9.16. The van der Waals surface area contributed by atoms with E-state index in [1.807, 2.05) is 6.92 Å². The number of nitrogens with two attached hydrogens (primary N) is 1. The SMILES string of the molecule is CCCCC[C@H](CC(=O)[C@H](CO)NC(=O)c1cc(C2CC2)on1)C(N)=O. The Balaban J connectivity index is 1.91. The first-order chi connectivity index (χ1) is 12.5. The van der Waals surface area contributed by atoms with Gasteiger partial charge < -0.3 is 20.7 Å². The Bertz CT molecular complexity index is 639. The van der Waals surface area contributed by atoms with Gasteiger partial charge in [0.05, 0.1) is 6.61 Å². The Morgan fingerprint density at radius 2 is 2.12 bits per heavy atom. The summed E-state index contributed by atoms with van der Waals surface area (Å²) in [4.78, 5) is 36.2. The molecule has 2 atom stereocenters. The van der Waals surface area contributed by atoms with Crippen LogP contribution in [0.4, 0.5) is 0 Å². The van der Waals surface area contributed by atoms with Crippen LogP contribution in [0.15, 0.2) is 10.6 Å². The fourth-order valence-corrected chi connectivity index (χ4v) is 2.79. The Hall–Kier alpha value is -2.22. The van der Waals surface area contributed by atoms with Crippen LogP contribution in [-0.4, -0.2) is 40.5 Å². The zero-order valence-electron chi connectivity index (χ0n) is 15.1. The lowest BCUT2D eigenvalue weighted by atomic mass is 9.93. The zero-order valence-corrected chi connectivity index (χ0v) is 15.1. The molecule has 1 saturated carbocycles. The average Bonchev–Trinajstić information content (AvgIpc) is 3.35. The van der Waals surface area contributed by atoms with Gasteiger partial charge in [-0.25, -0.2) is 0 Å². The van der Waals surface area contributed by atoms with Crippen molar-refractivity contribution in [2.75, 3.05) is 6.61 Å². The van der Waals surface area contributed by atoms with E-state index in [-0.39, 0.29) is 12.1 Å². The molecule has 0 aromatic carbocycles. The number of unbranched alkanes of at least 4 members (excludes halogenated alkanes) is 2. The third-order valence-corrected chi connectivity index (χ3v) is 4.62. The van der Waals surface area contributed by atoms with Crippen LogP contribution < -0.4 is 11.1 Å². The topological polar surface area (TPSA) is 136 Å². The van der Waals surface area contributed by atoms with Gasteiger partial charge in [-0.15, -0.1) is 0 Å². The molecule has 0 aliphatic heterocycles. The first-order valence-corrected chi connectivity index (χ1v) is 9.16. The van der Waals surface area contributed by atoms with Gasteiger partial charge in [0.25, 0.3) is 5.91 Å². The second kappa shape index (κ2) is 9.47. The van der Waals surface area contributed by atoms with Gasteiger partial charge in [0.1, 0.15) is 11.8 Å². The van der Waals surface area contributed by atoms with Gasteiger partial charge >= 0.3 is 0 Å². The Labute approximate surface area is 152 Å². The van der Waals surface area contributed by atoms with Gasteiger partial charge in [-0.05, 0) is 19.3 Å². The standard InChI is InChI=1S/C18H27N3O5/c1-2-3-4-5-12(17(19)24)8-15(23)14(10-22)20-18(25)13-9-16(26-21-13)11-6-7-11/h9,11-12,14,22H,2-8,10H2,1H3,(H2,19,24)(H,20,25)/t12-,14+/m1/s1. The minimum absolute atomic E-state index is 0.0764. The minimum Gasteiger partial charge on any atom is -0.394 e. The number of hydrogen-bond donors (Lipinski definition) is 3. The maximum absolute atomic E-state index is 12.4. The van der Waals surface area contributed by atoms with Crippen molar-refractivity contribution >= 4 is 17.6 Å². The Kier molecular flexibility index (Phi) is 7.32. The number of hydrogen-bond acceptors (Lipinski definition) is 6. The smallest absolute Gasteiger partial charge is 0.274 e. The molecule has 0 unspecified atom stereocenters.